The van der Waals surface area contributed by atoms with Crippen molar-refractivity contribution in [3.8, 4) is 39.9 Å². The first-order valence-electron chi connectivity index (χ1n) is 12.8. The standard InChI is InChI=1S/C31H28O6/c1-35-27-15-26-22(14-25(34)31(37-26)21-10-11-23(32)30-20(21)7-4-12-36-30)19-9-8-16-13-24(33)17-5-2-3-6-18(17)28(16)29(19)27/h2-3,5-6,10-11,13,15,25,31-34H,4,7-9,12,14H2,1H3/t25-,31+/m1/s1. The predicted molar refractivity (Wildman–Crippen MR) is 140 cm³/mol. The van der Waals surface area contributed by atoms with Crippen molar-refractivity contribution in [1.82, 2.24) is 0 Å². The Labute approximate surface area is 214 Å². The fourth-order valence-electron chi connectivity index (χ4n) is 6.47. The summed E-state index contributed by atoms with van der Waals surface area (Å²) in [5.41, 5.74) is 7.09. The van der Waals surface area contributed by atoms with Gasteiger partial charge in [-0.2, -0.15) is 0 Å². The number of benzene rings is 4. The van der Waals surface area contributed by atoms with Crippen LogP contribution in [-0.4, -0.2) is 35.1 Å². The highest BCUT2D eigenvalue weighted by atomic mass is 16.5. The quantitative estimate of drug-likeness (QED) is 0.345. The Morgan fingerprint density at radius 3 is 2.54 bits per heavy atom. The zero-order valence-electron chi connectivity index (χ0n) is 20.6. The summed E-state index contributed by atoms with van der Waals surface area (Å²) in [6.07, 6.45) is 2.30. The third-order valence-corrected chi connectivity index (χ3v) is 8.11. The van der Waals surface area contributed by atoms with E-state index in [2.05, 4.69) is 0 Å². The van der Waals surface area contributed by atoms with Gasteiger partial charge in [-0.1, -0.05) is 30.3 Å². The average molecular weight is 497 g/mol. The minimum Gasteiger partial charge on any atom is -0.507 e. The first-order valence-corrected chi connectivity index (χ1v) is 12.8. The van der Waals surface area contributed by atoms with E-state index in [1.807, 2.05) is 42.5 Å². The highest BCUT2D eigenvalue weighted by Crippen LogP contribution is 2.52. The normalized spacial score (nSPS) is 19.6. The number of aliphatic hydroxyl groups is 1. The molecule has 0 saturated heterocycles. The Balaban J connectivity index is 1.39. The van der Waals surface area contributed by atoms with E-state index in [1.165, 1.54) is 0 Å². The first kappa shape index (κ1) is 22.3. The van der Waals surface area contributed by atoms with Gasteiger partial charge in [0.15, 0.2) is 17.6 Å². The summed E-state index contributed by atoms with van der Waals surface area (Å²) in [6.45, 7) is 0.568. The van der Waals surface area contributed by atoms with E-state index in [9.17, 15) is 15.3 Å². The number of hydrogen-bond donors (Lipinski definition) is 3. The lowest BCUT2D eigenvalue weighted by molar-refractivity contribution is 0.0194. The van der Waals surface area contributed by atoms with Crippen molar-refractivity contribution in [3.05, 3.63) is 76.3 Å². The third-order valence-electron chi connectivity index (χ3n) is 8.11. The number of methoxy groups -OCH3 is 1. The van der Waals surface area contributed by atoms with Crippen molar-refractivity contribution >= 4 is 10.8 Å². The van der Waals surface area contributed by atoms with E-state index in [0.29, 0.717) is 18.8 Å². The molecule has 0 fully saturated rings. The molecule has 2 aliphatic heterocycles. The van der Waals surface area contributed by atoms with Crippen molar-refractivity contribution in [2.24, 2.45) is 0 Å². The SMILES string of the molecule is COc1cc2c(c3c1-c1c(cc(O)c4ccccc14)CC3)C[C@@H](O)[C@H](c1ccc(O)c3c1CCCO3)O2. The van der Waals surface area contributed by atoms with Crippen LogP contribution in [-0.2, 0) is 25.7 Å². The molecule has 0 amide bonds. The van der Waals surface area contributed by atoms with E-state index < -0.39 is 12.2 Å². The molecule has 4 aromatic carbocycles. The van der Waals surface area contributed by atoms with Gasteiger partial charge in [0.05, 0.1) is 19.8 Å². The van der Waals surface area contributed by atoms with Crippen LogP contribution in [0.15, 0.2) is 48.5 Å². The molecule has 0 radical (unpaired) electrons. The number of fused-ring (bicyclic) bond motifs is 8. The Morgan fingerprint density at radius 2 is 1.70 bits per heavy atom. The molecule has 0 bridgehead atoms. The second-order valence-corrected chi connectivity index (χ2v) is 10.1. The number of hydrogen-bond acceptors (Lipinski definition) is 6. The highest BCUT2D eigenvalue weighted by Gasteiger charge is 2.37. The average Bonchev–Trinajstić information content (AvgIpc) is 2.93. The van der Waals surface area contributed by atoms with E-state index in [4.69, 9.17) is 14.2 Å². The molecule has 37 heavy (non-hydrogen) atoms. The van der Waals surface area contributed by atoms with Crippen LogP contribution in [0.3, 0.4) is 0 Å². The molecule has 7 rings (SSSR count). The second-order valence-electron chi connectivity index (χ2n) is 10.1. The molecule has 0 aromatic heterocycles. The highest BCUT2D eigenvalue weighted by molar-refractivity contribution is 6.04. The van der Waals surface area contributed by atoms with Crippen LogP contribution in [0.4, 0.5) is 0 Å². The summed E-state index contributed by atoms with van der Waals surface area (Å²) in [5.74, 6) is 2.35. The summed E-state index contributed by atoms with van der Waals surface area (Å²) in [5, 5.41) is 34.2. The zero-order valence-corrected chi connectivity index (χ0v) is 20.6. The van der Waals surface area contributed by atoms with Gasteiger partial charge in [0.1, 0.15) is 17.2 Å². The van der Waals surface area contributed by atoms with Crippen LogP contribution in [0.1, 0.15) is 40.3 Å². The van der Waals surface area contributed by atoms with Crippen molar-refractivity contribution in [2.45, 2.75) is 44.3 Å². The van der Waals surface area contributed by atoms with Gasteiger partial charge in [-0.25, -0.2) is 0 Å². The smallest absolute Gasteiger partial charge is 0.164 e. The van der Waals surface area contributed by atoms with Crippen LogP contribution < -0.4 is 14.2 Å². The lowest BCUT2D eigenvalue weighted by atomic mass is 9.78. The molecule has 2 atom stereocenters. The Kier molecular flexibility index (Phi) is 5.01. The second kappa shape index (κ2) is 8.32. The topological polar surface area (TPSA) is 88.4 Å². The third kappa shape index (κ3) is 3.28. The molecule has 0 unspecified atom stereocenters. The number of phenols is 2. The number of rotatable bonds is 2. The fourth-order valence-corrected chi connectivity index (χ4v) is 6.47. The summed E-state index contributed by atoms with van der Waals surface area (Å²) < 4.78 is 18.2. The van der Waals surface area contributed by atoms with E-state index >= 15 is 0 Å². The van der Waals surface area contributed by atoms with Crippen LogP contribution >= 0.6 is 0 Å². The molecular formula is C31H28O6. The number of ether oxygens (including phenoxy) is 3. The molecule has 3 N–H and O–H groups in total. The van der Waals surface area contributed by atoms with Crippen LogP contribution in [0.5, 0.6) is 28.7 Å². The monoisotopic (exact) mass is 496 g/mol. The molecular weight excluding hydrogens is 468 g/mol. The Morgan fingerprint density at radius 1 is 0.865 bits per heavy atom. The molecule has 2 heterocycles. The minimum atomic E-state index is -0.751. The van der Waals surface area contributed by atoms with Crippen LogP contribution in [0.2, 0.25) is 0 Å². The molecule has 188 valence electrons. The number of aryl methyl sites for hydroxylation is 1. The van der Waals surface area contributed by atoms with E-state index in [0.717, 1.165) is 86.9 Å². The van der Waals surface area contributed by atoms with Gasteiger partial charge >= 0.3 is 0 Å². The predicted octanol–water partition coefficient (Wildman–Crippen LogP) is 5.39. The van der Waals surface area contributed by atoms with Gasteiger partial charge in [0.2, 0.25) is 0 Å². The fraction of sp³-hybridized carbons (Fsp3) is 0.290. The van der Waals surface area contributed by atoms with Gasteiger partial charge in [0.25, 0.3) is 0 Å². The first-order chi connectivity index (χ1) is 18.0. The maximum Gasteiger partial charge on any atom is 0.164 e. The molecule has 0 spiro atoms. The van der Waals surface area contributed by atoms with Gasteiger partial charge in [-0.05, 0) is 59.9 Å². The van der Waals surface area contributed by atoms with Gasteiger partial charge in [-0.15, -0.1) is 0 Å². The Hall–Kier alpha value is -3.90. The number of phenolic OH excluding ortho intramolecular Hbond substituents is 2. The lowest BCUT2D eigenvalue weighted by Gasteiger charge is -2.36. The molecule has 3 aliphatic rings. The molecule has 1 aliphatic carbocycles. The van der Waals surface area contributed by atoms with Gasteiger partial charge < -0.3 is 29.5 Å². The van der Waals surface area contributed by atoms with E-state index in [-0.39, 0.29) is 11.5 Å². The number of aliphatic hydroxyl groups excluding tert-OH is 1. The maximum absolute atomic E-state index is 11.4. The van der Waals surface area contributed by atoms with Crippen LogP contribution in [0, 0.1) is 0 Å². The van der Waals surface area contributed by atoms with Crippen molar-refractivity contribution in [2.75, 3.05) is 13.7 Å². The minimum absolute atomic E-state index is 0.122. The van der Waals surface area contributed by atoms with Crippen LogP contribution in [0.25, 0.3) is 21.9 Å². The van der Waals surface area contributed by atoms with Crippen molar-refractivity contribution in [3.63, 3.8) is 0 Å². The van der Waals surface area contributed by atoms with Gasteiger partial charge in [-0.3, -0.25) is 0 Å². The maximum atomic E-state index is 11.4. The lowest BCUT2D eigenvalue weighted by Crippen LogP contribution is -2.32. The van der Waals surface area contributed by atoms with Crippen molar-refractivity contribution < 1.29 is 29.5 Å². The Bertz CT molecular complexity index is 1570. The van der Waals surface area contributed by atoms with E-state index in [1.54, 1.807) is 13.2 Å². The largest absolute Gasteiger partial charge is 0.507 e. The summed E-state index contributed by atoms with van der Waals surface area (Å²) >= 11 is 0. The van der Waals surface area contributed by atoms with Gasteiger partial charge in [0, 0.05) is 40.1 Å². The summed E-state index contributed by atoms with van der Waals surface area (Å²) in [6, 6.07) is 15.2. The molecule has 0 saturated carbocycles. The zero-order chi connectivity index (χ0) is 25.3. The molecule has 6 nitrogen and oxygen atoms in total. The van der Waals surface area contributed by atoms with Crippen molar-refractivity contribution in [1.29, 1.82) is 0 Å². The summed E-state index contributed by atoms with van der Waals surface area (Å²) in [4.78, 5) is 0. The summed E-state index contributed by atoms with van der Waals surface area (Å²) in [7, 11) is 1.67. The molecule has 4 aromatic rings. The molecule has 6 heteroatoms. The number of aromatic hydroxyl groups is 2.